The van der Waals surface area contributed by atoms with Crippen LogP contribution in [0.25, 0.3) is 0 Å². The van der Waals surface area contributed by atoms with Gasteiger partial charge in [-0.05, 0) is 120 Å². The van der Waals surface area contributed by atoms with Gasteiger partial charge >= 0.3 is 12.2 Å². The number of rotatable bonds is 4. The summed E-state index contributed by atoms with van der Waals surface area (Å²) in [5.74, 6) is 2.63. The Morgan fingerprint density at radius 3 is 2.56 bits per heavy atom. The van der Waals surface area contributed by atoms with E-state index in [0.717, 1.165) is 44.2 Å². The summed E-state index contributed by atoms with van der Waals surface area (Å²) in [4.78, 5) is 46.6. The first-order valence-corrected chi connectivity index (χ1v) is 15.9. The summed E-state index contributed by atoms with van der Waals surface area (Å²) < 4.78 is 5.48. The highest BCUT2D eigenvalue weighted by molar-refractivity contribution is 5.91. The maximum atomic E-state index is 13.1. The Hall–Kier alpha value is -2.38. The number of oxime groups is 1. The molecule has 1 saturated heterocycles. The van der Waals surface area contributed by atoms with Crippen LogP contribution in [0.1, 0.15) is 106 Å². The van der Waals surface area contributed by atoms with Crippen molar-refractivity contribution >= 4 is 23.7 Å². The lowest BCUT2D eigenvalue weighted by Gasteiger charge is -2.58. The Morgan fingerprint density at radius 1 is 1.07 bits per heavy atom. The van der Waals surface area contributed by atoms with E-state index in [2.05, 4.69) is 19.0 Å². The molecule has 0 aromatic rings. The van der Waals surface area contributed by atoms with E-state index in [4.69, 9.17) is 9.57 Å². The van der Waals surface area contributed by atoms with E-state index >= 15 is 0 Å². The molecule has 0 bridgehead atoms. The number of fused-ring (bicyclic) bond motifs is 5. The fourth-order valence-electron chi connectivity index (χ4n) is 9.47. The van der Waals surface area contributed by atoms with Gasteiger partial charge in [0.1, 0.15) is 5.60 Å². The first kappa shape index (κ1) is 30.1. The van der Waals surface area contributed by atoms with E-state index in [1.165, 1.54) is 24.8 Å². The zero-order valence-electron chi connectivity index (χ0n) is 26.3. The number of likely N-dealkylation sites (tertiary alicyclic amines) is 1. The van der Waals surface area contributed by atoms with Gasteiger partial charge in [-0.25, -0.2) is 9.59 Å². The number of ketones is 1. The average Bonchev–Trinajstić information content (AvgIpc) is 3.50. The van der Waals surface area contributed by atoms with Crippen LogP contribution in [-0.4, -0.2) is 65.3 Å². The van der Waals surface area contributed by atoms with Crippen LogP contribution in [0, 0.1) is 34.5 Å². The largest absolute Gasteiger partial charge is 0.444 e. The predicted molar refractivity (Wildman–Crippen MR) is 158 cm³/mol. The fourth-order valence-corrected chi connectivity index (χ4v) is 9.47. The molecule has 1 aliphatic heterocycles. The van der Waals surface area contributed by atoms with Crippen LogP contribution in [0.2, 0.25) is 0 Å². The van der Waals surface area contributed by atoms with Crippen molar-refractivity contribution in [2.45, 2.75) is 117 Å². The molecule has 3 saturated carbocycles. The molecule has 0 N–H and O–H groups in total. The van der Waals surface area contributed by atoms with Gasteiger partial charge in [0.25, 0.3) is 0 Å². The molecule has 41 heavy (non-hydrogen) atoms. The standard InChI is InChI=1S/C33H51N3O5/c1-21(34-41-30(39)36-18-8-9-23(36)20-35(7)29(38)40-31(2,3)4)26-12-13-27-25-11-10-22-19-24(37)14-16-32(22,5)28(25)15-17-33(26,27)6/h19,23,25-28H,8-18,20H2,1-7H3/b34-21+/t23-,25-,26+,27?,28-,32-,33+/m0/s1. The quantitative estimate of drug-likeness (QED) is 0.207. The summed E-state index contributed by atoms with van der Waals surface area (Å²) >= 11 is 0. The lowest BCUT2D eigenvalue weighted by atomic mass is 9.46. The SMILES string of the molecule is C/C(=N\OC(=O)N1CCC[C@H]1CN(C)C(=O)OC(C)(C)C)[C@H]1CCC2[C@@H]3CCC4=CC(=O)CC[C@]4(C)[C@H]3CC[C@@]21C. The highest BCUT2D eigenvalue weighted by Gasteiger charge is 2.59. The van der Waals surface area contributed by atoms with Gasteiger partial charge in [0.05, 0.1) is 11.8 Å². The fraction of sp³-hybridized carbons (Fsp3) is 0.818. The van der Waals surface area contributed by atoms with Crippen molar-refractivity contribution in [3.05, 3.63) is 11.6 Å². The summed E-state index contributed by atoms with van der Waals surface area (Å²) in [6.45, 7) is 13.5. The molecule has 8 heteroatoms. The van der Waals surface area contributed by atoms with Crippen molar-refractivity contribution in [1.82, 2.24) is 9.80 Å². The maximum Gasteiger partial charge on any atom is 0.436 e. The molecule has 0 spiro atoms. The summed E-state index contributed by atoms with van der Waals surface area (Å²) in [6, 6.07) is -0.110. The summed E-state index contributed by atoms with van der Waals surface area (Å²) in [7, 11) is 1.71. The normalized spacial score (nSPS) is 37.1. The first-order valence-electron chi connectivity index (χ1n) is 15.9. The van der Waals surface area contributed by atoms with Crippen molar-refractivity contribution in [2.75, 3.05) is 20.1 Å². The van der Waals surface area contributed by atoms with Crippen LogP contribution in [0.15, 0.2) is 16.8 Å². The molecule has 4 fully saturated rings. The Morgan fingerprint density at radius 2 is 1.83 bits per heavy atom. The van der Waals surface area contributed by atoms with Gasteiger partial charge in [-0.1, -0.05) is 24.6 Å². The zero-order valence-corrected chi connectivity index (χ0v) is 26.3. The van der Waals surface area contributed by atoms with E-state index in [0.29, 0.717) is 49.0 Å². The number of carbonyl (C=O) groups is 3. The summed E-state index contributed by atoms with van der Waals surface area (Å²) in [5.41, 5.74) is 2.12. The van der Waals surface area contributed by atoms with Gasteiger partial charge in [0.15, 0.2) is 5.78 Å². The summed E-state index contributed by atoms with van der Waals surface area (Å²) in [5, 5.41) is 4.45. The number of hydrogen-bond acceptors (Lipinski definition) is 6. The topological polar surface area (TPSA) is 88.5 Å². The van der Waals surface area contributed by atoms with E-state index in [-0.39, 0.29) is 23.0 Å². The lowest BCUT2D eigenvalue weighted by Crippen LogP contribution is -2.51. The molecule has 5 aliphatic rings. The van der Waals surface area contributed by atoms with E-state index in [9.17, 15) is 14.4 Å². The monoisotopic (exact) mass is 569 g/mol. The van der Waals surface area contributed by atoms with Gasteiger partial charge in [-0.15, -0.1) is 0 Å². The number of hydrogen-bond donors (Lipinski definition) is 0. The number of nitrogens with zero attached hydrogens (tertiary/aromatic N) is 3. The molecule has 2 amide bonds. The van der Waals surface area contributed by atoms with Crippen LogP contribution in [-0.2, 0) is 14.4 Å². The Bertz CT molecular complexity index is 1120. The molecular weight excluding hydrogens is 518 g/mol. The first-order chi connectivity index (χ1) is 19.2. The number of amides is 2. The van der Waals surface area contributed by atoms with Gasteiger partial charge in [-0.3, -0.25) is 9.63 Å². The highest BCUT2D eigenvalue weighted by Crippen LogP contribution is 2.66. The molecule has 4 aliphatic carbocycles. The van der Waals surface area contributed by atoms with Crippen molar-refractivity contribution in [1.29, 1.82) is 0 Å². The molecule has 1 unspecified atom stereocenters. The van der Waals surface area contributed by atoms with Crippen LogP contribution in [0.5, 0.6) is 0 Å². The third-order valence-electron chi connectivity index (χ3n) is 11.5. The smallest absolute Gasteiger partial charge is 0.436 e. The molecule has 1 heterocycles. The Labute approximate surface area is 246 Å². The van der Waals surface area contributed by atoms with Gasteiger partial charge in [0.2, 0.25) is 0 Å². The van der Waals surface area contributed by atoms with Crippen molar-refractivity contribution in [2.24, 2.45) is 39.7 Å². The second-order valence-electron chi connectivity index (χ2n) is 15.1. The van der Waals surface area contributed by atoms with Crippen molar-refractivity contribution < 1.29 is 24.0 Å². The molecule has 7 atom stereocenters. The third-order valence-corrected chi connectivity index (χ3v) is 11.5. The number of ether oxygens (including phenoxy) is 1. The molecule has 5 rings (SSSR count). The van der Waals surface area contributed by atoms with Crippen LogP contribution < -0.4 is 0 Å². The van der Waals surface area contributed by atoms with E-state index in [1.54, 1.807) is 16.8 Å². The molecule has 0 aromatic heterocycles. The van der Waals surface area contributed by atoms with E-state index < -0.39 is 11.7 Å². The van der Waals surface area contributed by atoms with Gasteiger partial charge in [0, 0.05) is 32.5 Å². The number of likely N-dealkylation sites (N-methyl/N-ethyl adjacent to an activating group) is 1. The van der Waals surface area contributed by atoms with E-state index in [1.807, 2.05) is 33.8 Å². The zero-order chi connectivity index (χ0) is 29.7. The second kappa shape index (κ2) is 11.0. The Kier molecular flexibility index (Phi) is 8.10. The van der Waals surface area contributed by atoms with Crippen molar-refractivity contribution in [3.63, 3.8) is 0 Å². The Balaban J connectivity index is 1.21. The van der Waals surface area contributed by atoms with Gasteiger partial charge < -0.3 is 14.5 Å². The minimum absolute atomic E-state index is 0.110. The number of allylic oxidation sites excluding steroid dienone is 1. The lowest BCUT2D eigenvalue weighted by molar-refractivity contribution is -0.117. The molecule has 0 radical (unpaired) electrons. The van der Waals surface area contributed by atoms with Crippen LogP contribution in [0.4, 0.5) is 9.59 Å². The number of carbonyl (C=O) groups excluding carboxylic acids is 3. The summed E-state index contributed by atoms with van der Waals surface area (Å²) in [6.07, 6.45) is 11.4. The maximum absolute atomic E-state index is 13.1. The predicted octanol–water partition coefficient (Wildman–Crippen LogP) is 6.98. The second-order valence-corrected chi connectivity index (χ2v) is 15.1. The highest BCUT2D eigenvalue weighted by atomic mass is 16.7. The molecular formula is C33H51N3O5. The molecule has 8 nitrogen and oxygen atoms in total. The molecule has 0 aromatic carbocycles. The average molecular weight is 570 g/mol. The minimum atomic E-state index is -0.563. The molecule has 228 valence electrons. The van der Waals surface area contributed by atoms with Crippen molar-refractivity contribution in [3.8, 4) is 0 Å². The van der Waals surface area contributed by atoms with Crippen LogP contribution in [0.3, 0.4) is 0 Å². The van der Waals surface area contributed by atoms with Gasteiger partial charge in [-0.2, -0.15) is 0 Å². The third kappa shape index (κ3) is 5.69. The minimum Gasteiger partial charge on any atom is -0.444 e. The van der Waals surface area contributed by atoms with Crippen LogP contribution >= 0.6 is 0 Å².